The van der Waals surface area contributed by atoms with Gasteiger partial charge in [0.1, 0.15) is 6.10 Å². The second-order valence-electron chi connectivity index (χ2n) is 6.58. The van der Waals surface area contributed by atoms with Crippen molar-refractivity contribution in [1.82, 2.24) is 9.78 Å². The van der Waals surface area contributed by atoms with Gasteiger partial charge >= 0.3 is 12.1 Å². The first-order chi connectivity index (χ1) is 13.9. The van der Waals surface area contributed by atoms with Gasteiger partial charge in [-0.3, -0.25) is 10.00 Å². The van der Waals surface area contributed by atoms with Crippen LogP contribution in [0.4, 0.5) is 10.5 Å². The number of aryl methyl sites for hydroxylation is 2. The van der Waals surface area contributed by atoms with Crippen LogP contribution in [-0.2, 0) is 16.5 Å². The van der Waals surface area contributed by atoms with E-state index >= 15 is 0 Å². The van der Waals surface area contributed by atoms with Gasteiger partial charge in [0, 0.05) is 12.6 Å². The van der Waals surface area contributed by atoms with Crippen LogP contribution < -0.4 is 5.32 Å². The standard InChI is InChI=1S/C22H23N3O4/c1-14-19(23-22(27)29-15(2)16-8-6-5-7-9-16)20(25(3)24-14)17-10-12-18(13-11-17)21(26)28-4/h5-13,15H,1-4H3,(H,23,27)/t15-/m1/s1. The maximum absolute atomic E-state index is 12.5. The Morgan fingerprint density at radius 3 is 2.34 bits per heavy atom. The van der Waals surface area contributed by atoms with Crippen LogP contribution in [0.15, 0.2) is 54.6 Å². The molecule has 0 aliphatic carbocycles. The number of nitrogens with zero attached hydrogens (tertiary/aromatic N) is 2. The van der Waals surface area contributed by atoms with Crippen LogP contribution >= 0.6 is 0 Å². The fourth-order valence-electron chi connectivity index (χ4n) is 3.11. The van der Waals surface area contributed by atoms with E-state index in [1.165, 1.54) is 7.11 Å². The highest BCUT2D eigenvalue weighted by atomic mass is 16.6. The lowest BCUT2D eigenvalue weighted by molar-refractivity contribution is 0.0600. The van der Waals surface area contributed by atoms with Gasteiger partial charge in [0.05, 0.1) is 29.7 Å². The lowest BCUT2D eigenvalue weighted by Gasteiger charge is -2.15. The van der Waals surface area contributed by atoms with Crippen molar-refractivity contribution in [2.24, 2.45) is 7.05 Å². The van der Waals surface area contributed by atoms with E-state index in [2.05, 4.69) is 10.4 Å². The van der Waals surface area contributed by atoms with Crippen LogP contribution in [0.5, 0.6) is 0 Å². The zero-order valence-corrected chi connectivity index (χ0v) is 16.8. The number of methoxy groups -OCH3 is 1. The van der Waals surface area contributed by atoms with Gasteiger partial charge in [-0.15, -0.1) is 0 Å². The molecule has 1 N–H and O–H groups in total. The second kappa shape index (κ2) is 8.60. The van der Waals surface area contributed by atoms with Crippen molar-refractivity contribution in [3.63, 3.8) is 0 Å². The first kappa shape index (κ1) is 20.1. The van der Waals surface area contributed by atoms with Gasteiger partial charge in [0.2, 0.25) is 0 Å². The number of hydrogen-bond donors (Lipinski definition) is 1. The highest BCUT2D eigenvalue weighted by molar-refractivity contribution is 5.93. The SMILES string of the molecule is COC(=O)c1ccc(-c2c(NC(=O)O[C@H](C)c3ccccc3)c(C)nn2C)cc1. The van der Waals surface area contributed by atoms with Crippen molar-refractivity contribution in [2.45, 2.75) is 20.0 Å². The van der Waals surface area contributed by atoms with Crippen LogP contribution in [-0.4, -0.2) is 29.0 Å². The average Bonchev–Trinajstić information content (AvgIpc) is 3.00. The van der Waals surface area contributed by atoms with Crippen molar-refractivity contribution in [2.75, 3.05) is 12.4 Å². The number of ether oxygens (including phenoxy) is 2. The number of amides is 1. The third kappa shape index (κ3) is 4.45. The molecule has 0 fully saturated rings. The summed E-state index contributed by atoms with van der Waals surface area (Å²) in [5.41, 5.74) is 4.08. The summed E-state index contributed by atoms with van der Waals surface area (Å²) in [5, 5.41) is 7.22. The Bertz CT molecular complexity index is 1010. The lowest BCUT2D eigenvalue weighted by Crippen LogP contribution is -2.17. The lowest BCUT2D eigenvalue weighted by atomic mass is 10.1. The summed E-state index contributed by atoms with van der Waals surface area (Å²) < 4.78 is 11.9. The molecule has 1 atom stereocenters. The van der Waals surface area contributed by atoms with Crippen molar-refractivity contribution < 1.29 is 19.1 Å². The largest absolute Gasteiger partial charge is 0.465 e. The molecular formula is C22H23N3O4. The third-order valence-corrected chi connectivity index (χ3v) is 4.58. The number of anilines is 1. The first-order valence-electron chi connectivity index (χ1n) is 9.15. The zero-order valence-electron chi connectivity index (χ0n) is 16.8. The van der Waals surface area contributed by atoms with Crippen molar-refractivity contribution in [3.8, 4) is 11.3 Å². The number of rotatable bonds is 5. The summed E-state index contributed by atoms with van der Waals surface area (Å²) in [6, 6.07) is 16.4. The Morgan fingerprint density at radius 2 is 1.72 bits per heavy atom. The molecule has 3 aromatic rings. The van der Waals surface area contributed by atoms with Gasteiger partial charge in [-0.2, -0.15) is 5.10 Å². The molecule has 1 aromatic heterocycles. The van der Waals surface area contributed by atoms with E-state index in [1.54, 1.807) is 36.0 Å². The van der Waals surface area contributed by atoms with E-state index in [-0.39, 0.29) is 0 Å². The molecule has 0 unspecified atom stereocenters. The molecular weight excluding hydrogens is 370 g/mol. The Labute approximate surface area is 169 Å². The Morgan fingerprint density at radius 1 is 1.07 bits per heavy atom. The molecule has 1 heterocycles. The molecule has 0 radical (unpaired) electrons. The van der Waals surface area contributed by atoms with E-state index in [1.807, 2.05) is 44.2 Å². The minimum atomic E-state index is -0.565. The molecule has 0 bridgehead atoms. The smallest absolute Gasteiger partial charge is 0.412 e. The predicted octanol–water partition coefficient (Wildman–Crippen LogP) is 4.49. The Hall–Kier alpha value is -3.61. The summed E-state index contributed by atoms with van der Waals surface area (Å²) in [7, 11) is 3.13. The molecule has 0 saturated heterocycles. The molecule has 3 rings (SSSR count). The number of benzene rings is 2. The molecule has 0 saturated carbocycles. The third-order valence-electron chi connectivity index (χ3n) is 4.58. The molecule has 0 aliphatic rings. The quantitative estimate of drug-likeness (QED) is 0.646. The van der Waals surface area contributed by atoms with E-state index in [4.69, 9.17) is 9.47 Å². The van der Waals surface area contributed by atoms with Crippen LogP contribution in [0.2, 0.25) is 0 Å². The van der Waals surface area contributed by atoms with Gasteiger partial charge < -0.3 is 9.47 Å². The second-order valence-corrected chi connectivity index (χ2v) is 6.58. The molecule has 0 spiro atoms. The highest BCUT2D eigenvalue weighted by Crippen LogP contribution is 2.31. The van der Waals surface area contributed by atoms with E-state index in [9.17, 15) is 9.59 Å². The van der Waals surface area contributed by atoms with Crippen molar-refractivity contribution in [3.05, 3.63) is 71.4 Å². The summed E-state index contributed by atoms with van der Waals surface area (Å²) in [4.78, 5) is 24.1. The summed E-state index contributed by atoms with van der Waals surface area (Å²) in [5.74, 6) is -0.408. The van der Waals surface area contributed by atoms with Crippen LogP contribution in [0, 0.1) is 6.92 Å². The van der Waals surface area contributed by atoms with E-state index in [0.717, 1.165) is 11.1 Å². The van der Waals surface area contributed by atoms with Crippen LogP contribution in [0.1, 0.15) is 34.6 Å². The zero-order chi connectivity index (χ0) is 21.0. The van der Waals surface area contributed by atoms with Gasteiger partial charge in [0.15, 0.2) is 0 Å². The first-order valence-corrected chi connectivity index (χ1v) is 9.15. The van der Waals surface area contributed by atoms with Gasteiger partial charge in [-0.05, 0) is 31.5 Å². The number of carbonyl (C=O) groups excluding carboxylic acids is 2. The number of carbonyl (C=O) groups is 2. The van der Waals surface area contributed by atoms with Gasteiger partial charge in [0.25, 0.3) is 0 Å². The van der Waals surface area contributed by atoms with E-state index < -0.39 is 18.2 Å². The molecule has 2 aromatic carbocycles. The monoisotopic (exact) mass is 393 g/mol. The average molecular weight is 393 g/mol. The Kier molecular flexibility index (Phi) is 5.97. The molecule has 1 amide bonds. The predicted molar refractivity (Wildman–Crippen MR) is 110 cm³/mol. The number of aromatic nitrogens is 2. The minimum Gasteiger partial charge on any atom is -0.465 e. The van der Waals surface area contributed by atoms with Crippen molar-refractivity contribution in [1.29, 1.82) is 0 Å². The number of nitrogens with one attached hydrogen (secondary N) is 1. The molecule has 0 aliphatic heterocycles. The van der Waals surface area contributed by atoms with Crippen molar-refractivity contribution >= 4 is 17.7 Å². The molecule has 7 nitrogen and oxygen atoms in total. The Balaban J connectivity index is 1.82. The molecule has 29 heavy (non-hydrogen) atoms. The fraction of sp³-hybridized carbons (Fsp3) is 0.227. The minimum absolute atomic E-state index is 0.393. The number of hydrogen-bond acceptors (Lipinski definition) is 5. The maximum atomic E-state index is 12.5. The molecule has 150 valence electrons. The van der Waals surface area contributed by atoms with Crippen LogP contribution in [0.25, 0.3) is 11.3 Å². The normalized spacial score (nSPS) is 11.6. The fourth-order valence-corrected chi connectivity index (χ4v) is 3.11. The molecule has 7 heteroatoms. The van der Waals surface area contributed by atoms with Crippen LogP contribution in [0.3, 0.4) is 0 Å². The highest BCUT2D eigenvalue weighted by Gasteiger charge is 2.20. The topological polar surface area (TPSA) is 82.4 Å². The summed E-state index contributed by atoms with van der Waals surface area (Å²) in [6.07, 6.45) is -0.958. The van der Waals surface area contributed by atoms with Gasteiger partial charge in [-0.25, -0.2) is 9.59 Å². The summed E-state index contributed by atoms with van der Waals surface area (Å²) in [6.45, 7) is 3.63. The van der Waals surface area contributed by atoms with E-state index in [0.29, 0.717) is 22.6 Å². The number of esters is 1. The maximum Gasteiger partial charge on any atom is 0.412 e. The van der Waals surface area contributed by atoms with Gasteiger partial charge in [-0.1, -0.05) is 42.5 Å². The summed E-state index contributed by atoms with van der Waals surface area (Å²) >= 11 is 0.